The van der Waals surface area contributed by atoms with Gasteiger partial charge in [-0.15, -0.1) is 11.3 Å². The van der Waals surface area contributed by atoms with Crippen LogP contribution in [-0.2, 0) is 0 Å². The second-order valence-corrected chi connectivity index (χ2v) is 5.65. The van der Waals surface area contributed by atoms with E-state index in [2.05, 4.69) is 18.2 Å². The molecule has 1 aromatic carbocycles. The lowest BCUT2D eigenvalue weighted by atomic mass is 9.77. The normalized spacial score (nSPS) is 17.7. The molecule has 2 heteroatoms. The Morgan fingerprint density at radius 1 is 1.12 bits per heavy atom. The third kappa shape index (κ3) is 2.03. The van der Waals surface area contributed by atoms with Crippen LogP contribution in [0.3, 0.4) is 0 Å². The van der Waals surface area contributed by atoms with Gasteiger partial charge in [-0.05, 0) is 41.3 Å². The molecule has 1 saturated carbocycles. The molecule has 0 bridgehead atoms. The highest BCUT2D eigenvalue weighted by Gasteiger charge is 2.24. The molecule has 1 aromatic heterocycles. The van der Waals surface area contributed by atoms with Crippen molar-refractivity contribution in [3.05, 3.63) is 57.8 Å². The minimum Gasteiger partial charge on any atom is -0.383 e. The average molecular weight is 244 g/mol. The molecule has 0 aliphatic heterocycles. The van der Waals surface area contributed by atoms with Gasteiger partial charge in [0.1, 0.15) is 6.10 Å². The zero-order valence-corrected chi connectivity index (χ0v) is 10.5. The number of thiophene rings is 1. The summed E-state index contributed by atoms with van der Waals surface area (Å²) in [5, 5.41) is 12.5. The summed E-state index contributed by atoms with van der Waals surface area (Å²) in [5.74, 6) is 0.667. The molecule has 0 spiro atoms. The highest BCUT2D eigenvalue weighted by molar-refractivity contribution is 7.10. The second-order valence-electron chi connectivity index (χ2n) is 4.67. The molecule has 1 N–H and O–H groups in total. The number of aliphatic hydroxyl groups is 1. The molecule has 0 saturated heterocycles. The Labute approximate surface area is 106 Å². The Morgan fingerprint density at radius 2 is 1.94 bits per heavy atom. The van der Waals surface area contributed by atoms with E-state index in [4.69, 9.17) is 0 Å². The van der Waals surface area contributed by atoms with Gasteiger partial charge in [-0.25, -0.2) is 0 Å². The van der Waals surface area contributed by atoms with Crippen LogP contribution in [0.4, 0.5) is 0 Å². The van der Waals surface area contributed by atoms with Crippen LogP contribution in [-0.4, -0.2) is 5.11 Å². The van der Waals surface area contributed by atoms with Crippen LogP contribution in [0.25, 0.3) is 0 Å². The monoisotopic (exact) mass is 244 g/mol. The van der Waals surface area contributed by atoms with Gasteiger partial charge < -0.3 is 5.11 Å². The van der Waals surface area contributed by atoms with Gasteiger partial charge in [0.2, 0.25) is 0 Å². The molecule has 1 nitrogen and oxygen atoms in total. The van der Waals surface area contributed by atoms with Crippen molar-refractivity contribution in [1.29, 1.82) is 0 Å². The fourth-order valence-electron chi connectivity index (χ4n) is 2.45. The predicted molar refractivity (Wildman–Crippen MR) is 71.4 cm³/mol. The van der Waals surface area contributed by atoms with Crippen molar-refractivity contribution in [3.63, 3.8) is 0 Å². The Kier molecular flexibility index (Phi) is 3.00. The average Bonchev–Trinajstić information content (AvgIpc) is 2.80. The minimum atomic E-state index is -0.452. The van der Waals surface area contributed by atoms with E-state index in [1.807, 2.05) is 23.6 Å². The van der Waals surface area contributed by atoms with E-state index in [1.54, 1.807) is 11.3 Å². The summed E-state index contributed by atoms with van der Waals surface area (Å²) >= 11 is 1.62. The van der Waals surface area contributed by atoms with E-state index in [1.165, 1.54) is 24.8 Å². The van der Waals surface area contributed by atoms with Crippen LogP contribution in [0, 0.1) is 0 Å². The molecule has 1 aliphatic carbocycles. The van der Waals surface area contributed by atoms with E-state index in [0.29, 0.717) is 5.92 Å². The van der Waals surface area contributed by atoms with E-state index in [0.717, 1.165) is 10.4 Å². The van der Waals surface area contributed by atoms with Gasteiger partial charge in [-0.3, -0.25) is 0 Å². The van der Waals surface area contributed by atoms with Crippen LogP contribution in [0.2, 0.25) is 0 Å². The van der Waals surface area contributed by atoms with Gasteiger partial charge in [0.25, 0.3) is 0 Å². The topological polar surface area (TPSA) is 20.2 Å². The van der Waals surface area contributed by atoms with Crippen molar-refractivity contribution in [1.82, 2.24) is 0 Å². The van der Waals surface area contributed by atoms with Gasteiger partial charge in [0.05, 0.1) is 0 Å². The van der Waals surface area contributed by atoms with Gasteiger partial charge >= 0.3 is 0 Å². The first-order chi connectivity index (χ1) is 8.36. The quantitative estimate of drug-likeness (QED) is 0.862. The maximum absolute atomic E-state index is 10.4. The Morgan fingerprint density at radius 3 is 2.59 bits per heavy atom. The molecule has 88 valence electrons. The Balaban J connectivity index is 1.96. The summed E-state index contributed by atoms with van der Waals surface area (Å²) in [6.07, 6.45) is 3.42. The molecule has 0 radical (unpaired) electrons. The first kappa shape index (κ1) is 11.0. The van der Waals surface area contributed by atoms with E-state index in [9.17, 15) is 5.11 Å². The van der Waals surface area contributed by atoms with Crippen LogP contribution in [0.15, 0.2) is 41.8 Å². The number of benzene rings is 1. The summed E-state index contributed by atoms with van der Waals surface area (Å²) in [7, 11) is 0. The maximum Gasteiger partial charge on any atom is 0.113 e. The first-order valence-corrected chi connectivity index (χ1v) is 7.04. The van der Waals surface area contributed by atoms with Crippen molar-refractivity contribution in [2.75, 3.05) is 0 Å². The molecule has 2 aromatic rings. The summed E-state index contributed by atoms with van der Waals surface area (Å²) in [6, 6.07) is 12.3. The predicted octanol–water partition coefficient (Wildman–Crippen LogP) is 4.10. The molecule has 3 rings (SSSR count). The van der Waals surface area contributed by atoms with E-state index in [-0.39, 0.29) is 0 Å². The number of hydrogen-bond donors (Lipinski definition) is 1. The summed E-state index contributed by atoms with van der Waals surface area (Å²) < 4.78 is 0. The lowest BCUT2D eigenvalue weighted by Gasteiger charge is -2.29. The van der Waals surface area contributed by atoms with Crippen molar-refractivity contribution >= 4 is 11.3 Å². The molecular weight excluding hydrogens is 228 g/mol. The summed E-state index contributed by atoms with van der Waals surface area (Å²) in [4.78, 5) is 1.04. The zero-order valence-electron chi connectivity index (χ0n) is 9.67. The number of hydrogen-bond acceptors (Lipinski definition) is 2. The largest absolute Gasteiger partial charge is 0.383 e. The van der Waals surface area contributed by atoms with Crippen LogP contribution < -0.4 is 0 Å². The fraction of sp³-hybridized carbons (Fsp3) is 0.333. The number of aliphatic hydroxyl groups excluding tert-OH is 1. The molecule has 1 aliphatic rings. The highest BCUT2D eigenvalue weighted by Crippen LogP contribution is 2.40. The SMILES string of the molecule is OC(c1cccs1)c1ccccc1C1CCC1. The van der Waals surface area contributed by atoms with Crippen molar-refractivity contribution in [3.8, 4) is 0 Å². The molecule has 1 fully saturated rings. The third-order valence-corrected chi connectivity index (χ3v) is 4.57. The first-order valence-electron chi connectivity index (χ1n) is 6.16. The van der Waals surface area contributed by atoms with Crippen molar-refractivity contribution < 1.29 is 5.11 Å². The van der Waals surface area contributed by atoms with Gasteiger partial charge in [0, 0.05) is 4.88 Å². The van der Waals surface area contributed by atoms with Crippen LogP contribution in [0.5, 0.6) is 0 Å². The molecule has 17 heavy (non-hydrogen) atoms. The Bertz CT molecular complexity index is 485. The zero-order chi connectivity index (χ0) is 11.7. The van der Waals surface area contributed by atoms with Gasteiger partial charge in [0.15, 0.2) is 0 Å². The lowest BCUT2D eigenvalue weighted by molar-refractivity contribution is 0.221. The standard InChI is InChI=1S/C15H16OS/c16-15(14-9-4-10-17-14)13-8-2-1-7-12(13)11-5-3-6-11/h1-2,4,7-11,15-16H,3,5-6H2. The Hall–Kier alpha value is -1.12. The van der Waals surface area contributed by atoms with E-state index < -0.39 is 6.10 Å². The van der Waals surface area contributed by atoms with Crippen molar-refractivity contribution in [2.24, 2.45) is 0 Å². The maximum atomic E-state index is 10.4. The number of rotatable bonds is 3. The molecule has 1 heterocycles. The molecule has 1 atom stereocenters. The lowest BCUT2D eigenvalue weighted by Crippen LogP contribution is -2.13. The highest BCUT2D eigenvalue weighted by atomic mass is 32.1. The van der Waals surface area contributed by atoms with Gasteiger partial charge in [-0.2, -0.15) is 0 Å². The van der Waals surface area contributed by atoms with E-state index >= 15 is 0 Å². The minimum absolute atomic E-state index is 0.452. The molecule has 1 unspecified atom stereocenters. The van der Waals surface area contributed by atoms with Crippen LogP contribution in [0.1, 0.15) is 47.3 Å². The van der Waals surface area contributed by atoms with Gasteiger partial charge in [-0.1, -0.05) is 36.8 Å². The van der Waals surface area contributed by atoms with Crippen molar-refractivity contribution in [2.45, 2.75) is 31.3 Å². The smallest absolute Gasteiger partial charge is 0.113 e. The molecular formula is C15H16OS. The van der Waals surface area contributed by atoms with Crippen LogP contribution >= 0.6 is 11.3 Å². The summed E-state index contributed by atoms with van der Waals surface area (Å²) in [5.41, 5.74) is 2.44. The second kappa shape index (κ2) is 4.63. The fourth-order valence-corrected chi connectivity index (χ4v) is 3.18. The third-order valence-electron chi connectivity index (χ3n) is 3.65. The molecule has 0 amide bonds. The summed E-state index contributed by atoms with van der Waals surface area (Å²) in [6.45, 7) is 0.